The van der Waals surface area contributed by atoms with E-state index in [0.717, 1.165) is 35.8 Å². The van der Waals surface area contributed by atoms with Gasteiger partial charge in [-0.05, 0) is 37.2 Å². The molecule has 0 saturated heterocycles. The van der Waals surface area contributed by atoms with E-state index in [1.165, 1.54) is 34.6 Å². The predicted octanol–water partition coefficient (Wildman–Crippen LogP) is 5.37. The molecule has 128 valence electrons. The minimum atomic E-state index is 0.419. The molecule has 0 aliphatic carbocycles. The average Bonchev–Trinajstić information content (AvgIpc) is 2.97. The maximum atomic E-state index is 10.6. The Bertz CT molecular complexity index is 854. The van der Waals surface area contributed by atoms with Crippen LogP contribution in [0.25, 0.3) is 21.0 Å². The SMILES string of the molecule is CCCCNc1sc2c(C)c(O)c3ccccc3c2[n+]1CCCC. The van der Waals surface area contributed by atoms with E-state index in [4.69, 9.17) is 0 Å². The smallest absolute Gasteiger partial charge is 0.334 e. The Balaban J connectivity index is 2.24. The van der Waals surface area contributed by atoms with Crippen molar-refractivity contribution in [3.63, 3.8) is 0 Å². The van der Waals surface area contributed by atoms with Crippen molar-refractivity contribution in [2.45, 2.75) is 53.0 Å². The standard InChI is InChI=1S/C20H26N2OS/c1-4-6-12-21-20-22(13-7-5-2)17-15-10-8-9-11-16(15)18(23)14(3)19(17)24-20/h8-11,23H,4-7,12-13H2,1-3H3/p+1. The fourth-order valence-corrected chi connectivity index (χ4v) is 4.41. The molecule has 2 aromatic carbocycles. The van der Waals surface area contributed by atoms with Crippen LogP contribution in [0.4, 0.5) is 5.13 Å². The lowest BCUT2D eigenvalue weighted by molar-refractivity contribution is -0.653. The number of phenolic OH excluding ortho intramolecular Hbond substituents is 1. The Morgan fingerprint density at radius 3 is 2.50 bits per heavy atom. The number of phenols is 1. The first-order valence-corrected chi connectivity index (χ1v) is 9.81. The molecule has 0 bridgehead atoms. The van der Waals surface area contributed by atoms with Crippen LogP contribution in [0.2, 0.25) is 0 Å². The van der Waals surface area contributed by atoms with E-state index in [2.05, 4.69) is 35.9 Å². The molecule has 0 amide bonds. The summed E-state index contributed by atoms with van der Waals surface area (Å²) in [5, 5.41) is 17.6. The van der Waals surface area contributed by atoms with Gasteiger partial charge in [0.2, 0.25) is 0 Å². The summed E-state index contributed by atoms with van der Waals surface area (Å²) in [7, 11) is 0. The van der Waals surface area contributed by atoms with Crippen LogP contribution in [0.1, 0.15) is 45.1 Å². The number of hydrogen-bond donors (Lipinski definition) is 2. The van der Waals surface area contributed by atoms with Gasteiger partial charge in [0.05, 0.1) is 17.8 Å². The number of benzene rings is 2. The van der Waals surface area contributed by atoms with Crippen LogP contribution in [0.3, 0.4) is 0 Å². The first-order chi connectivity index (χ1) is 11.7. The zero-order chi connectivity index (χ0) is 17.1. The van der Waals surface area contributed by atoms with Gasteiger partial charge in [0.1, 0.15) is 5.75 Å². The number of fused-ring (bicyclic) bond motifs is 3. The Kier molecular flexibility index (Phi) is 5.24. The van der Waals surface area contributed by atoms with Gasteiger partial charge in [-0.25, -0.2) is 4.57 Å². The second kappa shape index (κ2) is 7.39. The van der Waals surface area contributed by atoms with Crippen molar-refractivity contribution in [3.8, 4) is 5.75 Å². The lowest BCUT2D eigenvalue weighted by Gasteiger charge is -2.08. The van der Waals surface area contributed by atoms with E-state index < -0.39 is 0 Å². The highest BCUT2D eigenvalue weighted by Crippen LogP contribution is 2.39. The van der Waals surface area contributed by atoms with Gasteiger partial charge in [0, 0.05) is 16.3 Å². The van der Waals surface area contributed by atoms with Crippen LogP contribution in [-0.2, 0) is 6.54 Å². The zero-order valence-electron chi connectivity index (χ0n) is 14.9. The van der Waals surface area contributed by atoms with Gasteiger partial charge in [-0.2, -0.15) is 0 Å². The molecule has 3 rings (SSSR count). The van der Waals surface area contributed by atoms with Crippen LogP contribution in [0, 0.1) is 6.92 Å². The van der Waals surface area contributed by atoms with E-state index in [-0.39, 0.29) is 0 Å². The minimum absolute atomic E-state index is 0.419. The third-order valence-electron chi connectivity index (χ3n) is 4.60. The van der Waals surface area contributed by atoms with Crippen molar-refractivity contribution in [3.05, 3.63) is 29.8 Å². The largest absolute Gasteiger partial charge is 0.507 e. The van der Waals surface area contributed by atoms with Crippen LogP contribution < -0.4 is 9.88 Å². The lowest BCUT2D eigenvalue weighted by atomic mass is 10.0. The highest BCUT2D eigenvalue weighted by molar-refractivity contribution is 7.22. The summed E-state index contributed by atoms with van der Waals surface area (Å²) in [4.78, 5) is 0. The number of hydrogen-bond acceptors (Lipinski definition) is 3. The average molecular weight is 344 g/mol. The molecule has 0 spiro atoms. The predicted molar refractivity (Wildman–Crippen MR) is 104 cm³/mol. The molecule has 0 radical (unpaired) electrons. The lowest BCUT2D eigenvalue weighted by Crippen LogP contribution is -2.35. The number of aromatic hydroxyl groups is 1. The van der Waals surface area contributed by atoms with E-state index in [0.29, 0.717) is 5.75 Å². The molecular formula is C20H27N2OS+. The van der Waals surface area contributed by atoms with Gasteiger partial charge in [0.25, 0.3) is 0 Å². The molecule has 2 N–H and O–H groups in total. The summed E-state index contributed by atoms with van der Waals surface area (Å²) in [5.74, 6) is 0.419. The number of nitrogens with one attached hydrogen (secondary N) is 1. The molecule has 0 aliphatic heterocycles. The van der Waals surface area contributed by atoms with Gasteiger partial charge in [0.15, 0.2) is 5.52 Å². The number of aryl methyl sites for hydroxylation is 2. The summed E-state index contributed by atoms with van der Waals surface area (Å²) in [5.41, 5.74) is 2.25. The molecule has 0 unspecified atom stereocenters. The maximum absolute atomic E-state index is 10.6. The molecule has 1 heterocycles. The first-order valence-electron chi connectivity index (χ1n) is 8.99. The number of aromatic nitrogens is 1. The fraction of sp³-hybridized carbons (Fsp3) is 0.450. The molecule has 24 heavy (non-hydrogen) atoms. The number of rotatable bonds is 7. The van der Waals surface area contributed by atoms with Gasteiger partial charge in [-0.15, -0.1) is 0 Å². The van der Waals surface area contributed by atoms with Crippen LogP contribution >= 0.6 is 11.3 Å². The second-order valence-corrected chi connectivity index (χ2v) is 7.39. The zero-order valence-corrected chi connectivity index (χ0v) is 15.7. The van der Waals surface area contributed by atoms with Crippen molar-refractivity contribution in [2.24, 2.45) is 0 Å². The normalized spacial score (nSPS) is 11.5. The summed E-state index contributed by atoms with van der Waals surface area (Å²) in [6.07, 6.45) is 4.70. The molecule has 0 fully saturated rings. The van der Waals surface area contributed by atoms with Crippen molar-refractivity contribution in [1.29, 1.82) is 0 Å². The highest BCUT2D eigenvalue weighted by Gasteiger charge is 2.23. The molecule has 3 aromatic rings. The van der Waals surface area contributed by atoms with Crippen LogP contribution in [0.15, 0.2) is 24.3 Å². The maximum Gasteiger partial charge on any atom is 0.334 e. The quantitative estimate of drug-likeness (QED) is 0.447. The number of unbranched alkanes of at least 4 members (excludes halogenated alkanes) is 2. The number of nitrogens with zero attached hydrogens (tertiary/aromatic N) is 1. The topological polar surface area (TPSA) is 36.1 Å². The van der Waals surface area contributed by atoms with Gasteiger partial charge in [-0.3, -0.25) is 5.32 Å². The second-order valence-electron chi connectivity index (χ2n) is 6.39. The fourth-order valence-electron chi connectivity index (χ4n) is 3.18. The molecular weight excluding hydrogens is 316 g/mol. The van der Waals surface area contributed by atoms with Gasteiger partial charge in [-0.1, -0.05) is 44.9 Å². The Morgan fingerprint density at radius 2 is 1.79 bits per heavy atom. The summed E-state index contributed by atoms with van der Waals surface area (Å²) in [6, 6.07) is 8.20. The molecule has 3 nitrogen and oxygen atoms in total. The summed E-state index contributed by atoms with van der Waals surface area (Å²) < 4.78 is 3.62. The van der Waals surface area contributed by atoms with Crippen molar-refractivity contribution in [1.82, 2.24) is 0 Å². The van der Waals surface area contributed by atoms with E-state index in [1.54, 1.807) is 11.3 Å². The molecule has 1 aromatic heterocycles. The monoisotopic (exact) mass is 343 g/mol. The third kappa shape index (κ3) is 2.95. The van der Waals surface area contributed by atoms with Crippen LogP contribution in [-0.4, -0.2) is 11.7 Å². The third-order valence-corrected chi connectivity index (χ3v) is 5.87. The Labute approximate surface area is 147 Å². The molecule has 0 atom stereocenters. The van der Waals surface area contributed by atoms with Gasteiger partial charge >= 0.3 is 5.13 Å². The minimum Gasteiger partial charge on any atom is -0.507 e. The number of thiazole rings is 1. The summed E-state index contributed by atoms with van der Waals surface area (Å²) >= 11 is 1.77. The Hall–Kier alpha value is -1.81. The first kappa shape index (κ1) is 17.0. The Morgan fingerprint density at radius 1 is 1.08 bits per heavy atom. The van der Waals surface area contributed by atoms with Crippen LogP contribution in [0.5, 0.6) is 5.75 Å². The number of anilines is 1. The molecule has 0 aliphatic rings. The van der Waals surface area contributed by atoms with Crippen molar-refractivity contribution < 1.29 is 9.67 Å². The molecule has 0 saturated carbocycles. The van der Waals surface area contributed by atoms with E-state index >= 15 is 0 Å². The highest BCUT2D eigenvalue weighted by atomic mass is 32.1. The van der Waals surface area contributed by atoms with E-state index in [1.807, 2.05) is 19.1 Å². The van der Waals surface area contributed by atoms with Gasteiger partial charge < -0.3 is 5.11 Å². The summed E-state index contributed by atoms with van der Waals surface area (Å²) in [6.45, 7) is 8.49. The molecule has 4 heteroatoms. The van der Waals surface area contributed by atoms with Crippen molar-refractivity contribution in [2.75, 3.05) is 11.9 Å². The van der Waals surface area contributed by atoms with E-state index in [9.17, 15) is 5.11 Å². The van der Waals surface area contributed by atoms with Crippen molar-refractivity contribution >= 4 is 37.5 Å².